The molecule has 2 N–H and O–H groups in total. The highest BCUT2D eigenvalue weighted by atomic mass is 32.2. The number of esters is 1. The average Bonchev–Trinajstić information content (AvgIpc) is 2.66. The summed E-state index contributed by atoms with van der Waals surface area (Å²) >= 11 is 1.70. The lowest BCUT2D eigenvalue weighted by atomic mass is 10.2. The van der Waals surface area contributed by atoms with E-state index in [2.05, 4.69) is 0 Å². The molecule has 1 rings (SSSR count). The quantitative estimate of drug-likeness (QED) is 0.710. The molecule has 0 heterocycles. The summed E-state index contributed by atoms with van der Waals surface area (Å²) in [4.78, 5) is 11.4. The molecule has 0 aromatic rings. The molecule has 0 spiro atoms. The van der Waals surface area contributed by atoms with E-state index in [4.69, 9.17) is 10.5 Å². The van der Waals surface area contributed by atoms with Crippen LogP contribution in [-0.2, 0) is 9.53 Å². The van der Waals surface area contributed by atoms with E-state index in [1.54, 1.807) is 11.8 Å². The van der Waals surface area contributed by atoms with Gasteiger partial charge in [-0.1, -0.05) is 0 Å². The fourth-order valence-corrected chi connectivity index (χ4v) is 2.11. The smallest absolute Gasteiger partial charge is 0.323 e. The molecule has 0 saturated heterocycles. The van der Waals surface area contributed by atoms with Crippen molar-refractivity contribution in [3.8, 4) is 0 Å². The molecule has 0 bridgehead atoms. The third kappa shape index (κ3) is 3.88. The Bertz CT molecular complexity index is 181. The molecule has 1 aliphatic carbocycles. The molecule has 0 aromatic heterocycles. The maximum atomic E-state index is 11.4. The number of hydrogen-bond donors (Lipinski definition) is 1. The summed E-state index contributed by atoms with van der Waals surface area (Å²) in [5, 5.41) is 0. The molecule has 4 heteroatoms. The Labute approximate surface area is 89.8 Å². The molecular formula is C10H19NO2S. The van der Waals surface area contributed by atoms with Gasteiger partial charge in [0, 0.05) is 0 Å². The largest absolute Gasteiger partial charge is 0.461 e. The molecule has 0 amide bonds. The molecular weight excluding hydrogens is 198 g/mol. The molecule has 0 unspecified atom stereocenters. The van der Waals surface area contributed by atoms with Gasteiger partial charge in [-0.3, -0.25) is 4.79 Å². The Morgan fingerprint density at radius 2 is 2.21 bits per heavy atom. The number of nitrogens with two attached hydrogens (primary N) is 1. The van der Waals surface area contributed by atoms with Crippen LogP contribution in [0.25, 0.3) is 0 Å². The van der Waals surface area contributed by atoms with Crippen LogP contribution in [0.1, 0.15) is 32.1 Å². The van der Waals surface area contributed by atoms with Gasteiger partial charge in [-0.05, 0) is 44.1 Å². The number of rotatable bonds is 5. The van der Waals surface area contributed by atoms with Gasteiger partial charge in [0.1, 0.15) is 12.1 Å². The average molecular weight is 217 g/mol. The first-order valence-electron chi connectivity index (χ1n) is 5.19. The minimum Gasteiger partial charge on any atom is -0.461 e. The maximum absolute atomic E-state index is 11.4. The van der Waals surface area contributed by atoms with Gasteiger partial charge in [-0.15, -0.1) is 0 Å². The summed E-state index contributed by atoms with van der Waals surface area (Å²) in [6, 6.07) is -0.428. The zero-order valence-corrected chi connectivity index (χ0v) is 9.52. The highest BCUT2D eigenvalue weighted by Crippen LogP contribution is 2.21. The monoisotopic (exact) mass is 217 g/mol. The summed E-state index contributed by atoms with van der Waals surface area (Å²) in [5.74, 6) is 0.701. The van der Waals surface area contributed by atoms with Crippen LogP contribution in [0.5, 0.6) is 0 Å². The zero-order valence-electron chi connectivity index (χ0n) is 8.70. The molecule has 3 nitrogen and oxygen atoms in total. The van der Waals surface area contributed by atoms with Crippen molar-refractivity contribution < 1.29 is 9.53 Å². The summed E-state index contributed by atoms with van der Waals surface area (Å²) in [5.41, 5.74) is 5.69. The standard InChI is InChI=1S/C10H19NO2S/c1-14-7-6-9(11)10(12)13-8-4-2-3-5-8/h8-9H,2-7,11H2,1H3/t9-/m1/s1. The van der Waals surface area contributed by atoms with E-state index < -0.39 is 6.04 Å². The predicted molar refractivity (Wildman–Crippen MR) is 59.3 cm³/mol. The van der Waals surface area contributed by atoms with Gasteiger partial charge in [-0.25, -0.2) is 0 Å². The topological polar surface area (TPSA) is 52.3 Å². The van der Waals surface area contributed by atoms with E-state index in [0.717, 1.165) is 18.6 Å². The van der Waals surface area contributed by atoms with E-state index in [0.29, 0.717) is 6.42 Å². The second-order valence-corrected chi connectivity index (χ2v) is 4.72. The normalized spacial score (nSPS) is 19.6. The molecule has 82 valence electrons. The Kier molecular flexibility index (Phi) is 5.33. The van der Waals surface area contributed by atoms with Crippen molar-refractivity contribution in [2.75, 3.05) is 12.0 Å². The van der Waals surface area contributed by atoms with E-state index in [-0.39, 0.29) is 12.1 Å². The second-order valence-electron chi connectivity index (χ2n) is 3.73. The number of ether oxygens (including phenoxy) is 1. The van der Waals surface area contributed by atoms with Crippen LogP contribution in [0, 0.1) is 0 Å². The van der Waals surface area contributed by atoms with Gasteiger partial charge in [-0.2, -0.15) is 11.8 Å². The summed E-state index contributed by atoms with van der Waals surface area (Å²) in [6.45, 7) is 0. The second kappa shape index (κ2) is 6.30. The van der Waals surface area contributed by atoms with E-state index in [1.807, 2.05) is 6.26 Å². The maximum Gasteiger partial charge on any atom is 0.323 e. The zero-order chi connectivity index (χ0) is 10.4. The SMILES string of the molecule is CSCC[C@@H](N)C(=O)OC1CCCC1. The molecule has 0 radical (unpaired) electrons. The Balaban J connectivity index is 2.18. The number of hydrogen-bond acceptors (Lipinski definition) is 4. The number of carbonyl (C=O) groups is 1. The minimum atomic E-state index is -0.428. The van der Waals surface area contributed by atoms with Crippen molar-refractivity contribution >= 4 is 17.7 Å². The van der Waals surface area contributed by atoms with Crippen molar-refractivity contribution in [3.63, 3.8) is 0 Å². The van der Waals surface area contributed by atoms with Crippen molar-refractivity contribution in [2.24, 2.45) is 5.73 Å². The lowest BCUT2D eigenvalue weighted by Crippen LogP contribution is -2.34. The molecule has 0 aromatic carbocycles. The Morgan fingerprint density at radius 1 is 1.57 bits per heavy atom. The van der Waals surface area contributed by atoms with Crippen LogP contribution < -0.4 is 5.73 Å². The first-order valence-corrected chi connectivity index (χ1v) is 6.58. The van der Waals surface area contributed by atoms with Crippen molar-refractivity contribution in [1.82, 2.24) is 0 Å². The molecule has 1 aliphatic rings. The first-order chi connectivity index (χ1) is 6.74. The lowest BCUT2D eigenvalue weighted by molar-refractivity contribution is -0.150. The van der Waals surface area contributed by atoms with Crippen molar-refractivity contribution in [3.05, 3.63) is 0 Å². The highest BCUT2D eigenvalue weighted by molar-refractivity contribution is 7.98. The van der Waals surface area contributed by atoms with Gasteiger partial charge in [0.15, 0.2) is 0 Å². The van der Waals surface area contributed by atoms with Crippen molar-refractivity contribution in [1.29, 1.82) is 0 Å². The van der Waals surface area contributed by atoms with Crippen molar-refractivity contribution in [2.45, 2.75) is 44.2 Å². The van der Waals surface area contributed by atoms with E-state index in [9.17, 15) is 4.79 Å². The molecule has 14 heavy (non-hydrogen) atoms. The van der Waals surface area contributed by atoms with Gasteiger partial charge < -0.3 is 10.5 Å². The summed E-state index contributed by atoms with van der Waals surface area (Å²) in [7, 11) is 0. The van der Waals surface area contributed by atoms with Crippen LogP contribution in [0.3, 0.4) is 0 Å². The van der Waals surface area contributed by atoms with Crippen LogP contribution in [0.15, 0.2) is 0 Å². The third-order valence-corrected chi connectivity index (χ3v) is 3.16. The Hall–Kier alpha value is -0.220. The Morgan fingerprint density at radius 3 is 2.79 bits per heavy atom. The van der Waals surface area contributed by atoms with Gasteiger partial charge in [0.05, 0.1) is 0 Å². The first kappa shape index (κ1) is 11.9. The van der Waals surface area contributed by atoms with Crippen LogP contribution in [-0.4, -0.2) is 30.1 Å². The molecule has 1 fully saturated rings. The highest BCUT2D eigenvalue weighted by Gasteiger charge is 2.22. The van der Waals surface area contributed by atoms with Gasteiger partial charge >= 0.3 is 5.97 Å². The van der Waals surface area contributed by atoms with Gasteiger partial charge in [0.2, 0.25) is 0 Å². The fraction of sp³-hybridized carbons (Fsp3) is 0.900. The number of thioether (sulfide) groups is 1. The molecule has 0 aliphatic heterocycles. The summed E-state index contributed by atoms with van der Waals surface area (Å²) < 4.78 is 5.30. The minimum absolute atomic E-state index is 0.142. The third-order valence-electron chi connectivity index (χ3n) is 2.52. The summed E-state index contributed by atoms with van der Waals surface area (Å²) in [6.07, 6.45) is 7.25. The van der Waals surface area contributed by atoms with Gasteiger partial charge in [0.25, 0.3) is 0 Å². The number of carbonyl (C=O) groups excluding carboxylic acids is 1. The van der Waals surface area contributed by atoms with Crippen LogP contribution in [0.2, 0.25) is 0 Å². The van der Waals surface area contributed by atoms with E-state index >= 15 is 0 Å². The van der Waals surface area contributed by atoms with E-state index in [1.165, 1.54) is 12.8 Å². The molecule has 1 saturated carbocycles. The molecule has 1 atom stereocenters. The lowest BCUT2D eigenvalue weighted by Gasteiger charge is -2.15. The van der Waals surface area contributed by atoms with Crippen LogP contribution in [0.4, 0.5) is 0 Å². The fourth-order valence-electron chi connectivity index (χ4n) is 1.62. The predicted octanol–water partition coefficient (Wildman–Crippen LogP) is 1.55. The van der Waals surface area contributed by atoms with Crippen LogP contribution >= 0.6 is 11.8 Å².